The van der Waals surface area contributed by atoms with Crippen LogP contribution in [-0.2, 0) is 25.9 Å². The van der Waals surface area contributed by atoms with Gasteiger partial charge in [0.25, 0.3) is 5.91 Å². The van der Waals surface area contributed by atoms with Gasteiger partial charge in [-0.3, -0.25) is 9.20 Å². The number of aromatic nitrogens is 6. The molecule has 170 valence electrons. The fraction of sp³-hybridized carbons (Fsp3) is 0.375. The summed E-state index contributed by atoms with van der Waals surface area (Å²) in [6.07, 6.45) is 6.08. The van der Waals surface area contributed by atoms with E-state index >= 15 is 0 Å². The molecule has 8 nitrogen and oxygen atoms in total. The number of nitrogens with zero attached hydrogens (tertiary/aromatic N) is 6. The molecule has 1 amide bonds. The molecular weight excluding hydrogens is 421 g/mol. The predicted octanol–water partition coefficient (Wildman–Crippen LogP) is 3.51. The van der Waals surface area contributed by atoms with Gasteiger partial charge in [0.15, 0.2) is 5.82 Å². The standard InChI is InChI=1S/C24H26FN7O/c1-4-19-21(31-13-15(3)11-27-24(31)28-19)23(33)26-12-16-5-6-17(18(25)10-16)22-29-20-9-14(2)7-8-32(20)30-22/h5-6,10-11,13-14H,4,7-9,12H2,1-3H3,(H,26,33). The maximum absolute atomic E-state index is 14.9. The zero-order valence-corrected chi connectivity index (χ0v) is 19.0. The van der Waals surface area contributed by atoms with Crippen molar-refractivity contribution in [2.75, 3.05) is 0 Å². The molecule has 1 atom stereocenters. The van der Waals surface area contributed by atoms with Gasteiger partial charge >= 0.3 is 0 Å². The number of halogens is 1. The van der Waals surface area contributed by atoms with E-state index in [0.29, 0.717) is 46.5 Å². The van der Waals surface area contributed by atoms with Crippen LogP contribution < -0.4 is 5.32 Å². The fourth-order valence-electron chi connectivity index (χ4n) is 4.25. The molecule has 1 aromatic carbocycles. The number of rotatable bonds is 5. The smallest absolute Gasteiger partial charge is 0.270 e. The number of benzene rings is 1. The number of carbonyl (C=O) groups excluding carboxylic acids is 1. The molecule has 0 saturated carbocycles. The van der Waals surface area contributed by atoms with Crippen LogP contribution in [0.2, 0.25) is 0 Å². The first kappa shape index (κ1) is 21.2. The number of hydrogen-bond acceptors (Lipinski definition) is 5. The van der Waals surface area contributed by atoms with Crippen molar-refractivity contribution < 1.29 is 9.18 Å². The summed E-state index contributed by atoms with van der Waals surface area (Å²) in [5.74, 6) is 1.70. The lowest BCUT2D eigenvalue weighted by molar-refractivity contribution is 0.0944. The largest absolute Gasteiger partial charge is 0.347 e. The van der Waals surface area contributed by atoms with Crippen molar-refractivity contribution >= 4 is 11.7 Å². The van der Waals surface area contributed by atoms with E-state index in [1.165, 1.54) is 6.07 Å². The van der Waals surface area contributed by atoms with Gasteiger partial charge in [-0.15, -0.1) is 0 Å². The second kappa shape index (κ2) is 8.38. The highest BCUT2D eigenvalue weighted by atomic mass is 19.1. The van der Waals surface area contributed by atoms with Crippen LogP contribution in [0, 0.1) is 18.7 Å². The molecule has 0 saturated heterocycles. The Labute approximate surface area is 190 Å². The van der Waals surface area contributed by atoms with Gasteiger partial charge < -0.3 is 5.32 Å². The van der Waals surface area contributed by atoms with E-state index in [2.05, 4.69) is 32.3 Å². The van der Waals surface area contributed by atoms with Crippen LogP contribution in [0.1, 0.15) is 53.4 Å². The molecule has 9 heteroatoms. The van der Waals surface area contributed by atoms with E-state index in [4.69, 9.17) is 0 Å². The van der Waals surface area contributed by atoms with E-state index in [9.17, 15) is 9.18 Å². The second-order valence-electron chi connectivity index (χ2n) is 8.73. The predicted molar refractivity (Wildman–Crippen MR) is 121 cm³/mol. The first-order chi connectivity index (χ1) is 15.9. The maximum Gasteiger partial charge on any atom is 0.270 e. The second-order valence-corrected chi connectivity index (χ2v) is 8.73. The summed E-state index contributed by atoms with van der Waals surface area (Å²) >= 11 is 0. The summed E-state index contributed by atoms with van der Waals surface area (Å²) in [5, 5.41) is 7.38. The molecule has 0 spiro atoms. The van der Waals surface area contributed by atoms with E-state index in [1.807, 2.05) is 24.7 Å². The Balaban J connectivity index is 1.34. The number of carbonyl (C=O) groups is 1. The van der Waals surface area contributed by atoms with Gasteiger partial charge in [0.2, 0.25) is 5.78 Å². The van der Waals surface area contributed by atoms with Crippen LogP contribution in [0.5, 0.6) is 0 Å². The van der Waals surface area contributed by atoms with Crippen molar-refractivity contribution in [2.24, 2.45) is 5.92 Å². The van der Waals surface area contributed by atoms with Gasteiger partial charge in [0.1, 0.15) is 17.3 Å². The van der Waals surface area contributed by atoms with Gasteiger partial charge in [-0.1, -0.05) is 19.9 Å². The summed E-state index contributed by atoms with van der Waals surface area (Å²) in [7, 11) is 0. The zero-order chi connectivity index (χ0) is 23.1. The van der Waals surface area contributed by atoms with Crippen LogP contribution >= 0.6 is 0 Å². The van der Waals surface area contributed by atoms with Crippen molar-refractivity contribution in [1.29, 1.82) is 0 Å². The quantitative estimate of drug-likeness (QED) is 0.506. The monoisotopic (exact) mass is 447 g/mol. The van der Waals surface area contributed by atoms with Crippen LogP contribution in [-0.4, -0.2) is 35.0 Å². The molecule has 1 N–H and O–H groups in total. The van der Waals surface area contributed by atoms with Gasteiger partial charge in [0, 0.05) is 31.9 Å². The number of imidazole rings is 1. The minimum absolute atomic E-state index is 0.191. The summed E-state index contributed by atoms with van der Waals surface area (Å²) in [6, 6.07) is 4.90. The number of aryl methyl sites for hydroxylation is 3. The van der Waals surface area contributed by atoms with Crippen molar-refractivity contribution in [3.8, 4) is 11.4 Å². The summed E-state index contributed by atoms with van der Waals surface area (Å²) < 4.78 is 18.5. The molecular formula is C24H26FN7O. The average Bonchev–Trinajstić information content (AvgIpc) is 3.37. The molecule has 33 heavy (non-hydrogen) atoms. The zero-order valence-electron chi connectivity index (χ0n) is 19.0. The minimum atomic E-state index is -0.401. The van der Waals surface area contributed by atoms with E-state index in [0.717, 1.165) is 30.8 Å². The summed E-state index contributed by atoms with van der Waals surface area (Å²) in [5.41, 5.74) is 3.09. The lowest BCUT2D eigenvalue weighted by atomic mass is 10.0. The molecule has 0 fully saturated rings. The highest BCUT2D eigenvalue weighted by molar-refractivity contribution is 5.94. The minimum Gasteiger partial charge on any atom is -0.347 e. The summed E-state index contributed by atoms with van der Waals surface area (Å²) in [6.45, 7) is 7.05. The Kier molecular flexibility index (Phi) is 5.39. The normalized spacial score (nSPS) is 15.6. The molecule has 5 rings (SSSR count). The highest BCUT2D eigenvalue weighted by Gasteiger charge is 2.22. The van der Waals surface area contributed by atoms with E-state index < -0.39 is 5.82 Å². The Hall–Kier alpha value is -3.62. The Morgan fingerprint density at radius 1 is 1.30 bits per heavy atom. The number of nitrogens with one attached hydrogen (secondary N) is 1. The number of hydrogen-bond donors (Lipinski definition) is 1. The number of fused-ring (bicyclic) bond motifs is 2. The molecule has 0 bridgehead atoms. The van der Waals surface area contributed by atoms with Crippen LogP contribution in [0.4, 0.5) is 4.39 Å². The van der Waals surface area contributed by atoms with Crippen molar-refractivity contribution in [1.82, 2.24) is 34.4 Å². The molecule has 3 aromatic heterocycles. The molecule has 0 aliphatic carbocycles. The Morgan fingerprint density at radius 3 is 2.94 bits per heavy atom. The van der Waals surface area contributed by atoms with Gasteiger partial charge in [-0.05, 0) is 48.9 Å². The third-order valence-electron chi connectivity index (χ3n) is 6.07. The lowest BCUT2D eigenvalue weighted by Crippen LogP contribution is -2.25. The molecule has 0 radical (unpaired) electrons. The summed E-state index contributed by atoms with van der Waals surface area (Å²) in [4.78, 5) is 26.3. The number of amides is 1. The van der Waals surface area contributed by atoms with Crippen molar-refractivity contribution in [3.05, 3.63) is 64.7 Å². The molecule has 1 aliphatic heterocycles. The van der Waals surface area contributed by atoms with Crippen LogP contribution in [0.3, 0.4) is 0 Å². The van der Waals surface area contributed by atoms with E-state index in [1.54, 1.807) is 22.7 Å². The molecule has 1 aliphatic rings. The van der Waals surface area contributed by atoms with Gasteiger partial charge in [0.05, 0.1) is 11.3 Å². The Bertz CT molecular complexity index is 1360. The Morgan fingerprint density at radius 2 is 2.15 bits per heavy atom. The van der Waals surface area contributed by atoms with E-state index in [-0.39, 0.29) is 12.5 Å². The molecule has 4 heterocycles. The SMILES string of the molecule is CCc1nc2ncc(C)cn2c1C(=O)NCc1ccc(-c2nc3n(n2)CCC(C)C3)c(F)c1. The third-order valence-corrected chi connectivity index (χ3v) is 6.07. The molecule has 1 unspecified atom stereocenters. The average molecular weight is 448 g/mol. The van der Waals surface area contributed by atoms with Crippen LogP contribution in [0.25, 0.3) is 17.2 Å². The highest BCUT2D eigenvalue weighted by Crippen LogP contribution is 2.25. The van der Waals surface area contributed by atoms with Gasteiger partial charge in [-0.25, -0.2) is 24.0 Å². The topological polar surface area (TPSA) is 90.0 Å². The third kappa shape index (κ3) is 3.99. The first-order valence-electron chi connectivity index (χ1n) is 11.3. The van der Waals surface area contributed by atoms with Gasteiger partial charge in [-0.2, -0.15) is 5.10 Å². The maximum atomic E-state index is 14.9. The van der Waals surface area contributed by atoms with Crippen molar-refractivity contribution in [3.63, 3.8) is 0 Å². The first-order valence-corrected chi connectivity index (χ1v) is 11.3. The molecule has 4 aromatic rings. The fourth-order valence-corrected chi connectivity index (χ4v) is 4.25. The van der Waals surface area contributed by atoms with Crippen LogP contribution in [0.15, 0.2) is 30.6 Å². The lowest BCUT2D eigenvalue weighted by Gasteiger charge is -2.17. The van der Waals surface area contributed by atoms with Crippen molar-refractivity contribution in [2.45, 2.75) is 53.1 Å².